The predicted molar refractivity (Wildman–Crippen MR) is 81.7 cm³/mol. The molecule has 1 heterocycles. The third-order valence-corrected chi connectivity index (χ3v) is 3.84. The summed E-state index contributed by atoms with van der Waals surface area (Å²) < 4.78 is 0. The Bertz CT molecular complexity index is 442. The second-order valence-electron chi connectivity index (χ2n) is 4.45. The fraction of sp³-hybridized carbons (Fsp3) is 0.462. The fourth-order valence-electron chi connectivity index (χ4n) is 2.28. The first-order valence-electron chi connectivity index (χ1n) is 6.18. The molecule has 1 fully saturated rings. The van der Waals surface area contributed by atoms with E-state index >= 15 is 0 Å². The number of nitrogens with two attached hydrogens (primary N) is 1. The lowest BCUT2D eigenvalue weighted by Gasteiger charge is -2.36. The molecule has 2 rings (SSSR count). The molecule has 0 aromatic heterocycles. The van der Waals surface area contributed by atoms with Gasteiger partial charge < -0.3 is 15.5 Å². The van der Waals surface area contributed by atoms with Gasteiger partial charge in [0.15, 0.2) is 0 Å². The monoisotopic (exact) mass is 283 g/mol. The van der Waals surface area contributed by atoms with E-state index in [0.717, 1.165) is 49.0 Å². The van der Waals surface area contributed by atoms with E-state index in [4.69, 9.17) is 29.6 Å². The molecule has 98 valence electrons. The minimum absolute atomic E-state index is 0.430. The molecule has 0 aliphatic carbocycles. The summed E-state index contributed by atoms with van der Waals surface area (Å²) in [6.07, 6.45) is 0. The molecule has 0 saturated carbocycles. The van der Waals surface area contributed by atoms with Crippen molar-refractivity contribution in [2.45, 2.75) is 6.92 Å². The molecule has 1 aromatic carbocycles. The van der Waals surface area contributed by atoms with Crippen LogP contribution < -0.4 is 10.6 Å². The third-order valence-electron chi connectivity index (χ3n) is 3.39. The summed E-state index contributed by atoms with van der Waals surface area (Å²) in [5, 5.41) is 0.725. The van der Waals surface area contributed by atoms with Gasteiger partial charge in [0.2, 0.25) is 0 Å². The Labute approximate surface area is 119 Å². The highest BCUT2D eigenvalue weighted by Crippen LogP contribution is 2.26. The number of anilines is 1. The maximum absolute atomic E-state index is 6.08. The van der Waals surface area contributed by atoms with E-state index in [2.05, 4.69) is 16.7 Å². The van der Waals surface area contributed by atoms with Crippen LogP contribution in [-0.2, 0) is 0 Å². The van der Waals surface area contributed by atoms with Gasteiger partial charge in [-0.1, -0.05) is 30.7 Å². The van der Waals surface area contributed by atoms with Crippen molar-refractivity contribution in [2.75, 3.05) is 37.6 Å². The molecule has 0 bridgehead atoms. The number of halogens is 1. The first-order valence-corrected chi connectivity index (χ1v) is 6.97. The van der Waals surface area contributed by atoms with E-state index in [1.807, 2.05) is 18.2 Å². The largest absolute Gasteiger partial charge is 0.389 e. The van der Waals surface area contributed by atoms with Gasteiger partial charge >= 0.3 is 0 Å². The topological polar surface area (TPSA) is 32.5 Å². The average Bonchev–Trinajstić information content (AvgIpc) is 2.38. The normalized spacial score (nSPS) is 16.9. The Kier molecular flexibility index (Phi) is 4.43. The average molecular weight is 284 g/mol. The molecule has 0 atom stereocenters. The molecule has 5 heteroatoms. The Morgan fingerprint density at radius 3 is 2.56 bits per heavy atom. The van der Waals surface area contributed by atoms with Crippen LogP contribution in [0, 0.1) is 0 Å². The Morgan fingerprint density at radius 1 is 1.33 bits per heavy atom. The minimum Gasteiger partial charge on any atom is -0.389 e. The smallest absolute Gasteiger partial charge is 0.106 e. The van der Waals surface area contributed by atoms with Crippen LogP contribution in [0.4, 0.5) is 5.69 Å². The van der Waals surface area contributed by atoms with E-state index in [0.29, 0.717) is 4.99 Å². The number of likely N-dealkylation sites (N-methyl/N-ethyl adjacent to an activating group) is 1. The van der Waals surface area contributed by atoms with Crippen molar-refractivity contribution in [3.8, 4) is 0 Å². The van der Waals surface area contributed by atoms with Crippen LogP contribution in [0.5, 0.6) is 0 Å². The highest BCUT2D eigenvalue weighted by molar-refractivity contribution is 7.80. The van der Waals surface area contributed by atoms with Gasteiger partial charge in [-0.05, 0) is 24.7 Å². The molecule has 1 aromatic rings. The molecule has 1 aliphatic heterocycles. The molecule has 0 unspecified atom stereocenters. The van der Waals surface area contributed by atoms with Crippen LogP contribution in [0.25, 0.3) is 0 Å². The fourth-order valence-corrected chi connectivity index (χ4v) is 2.62. The lowest BCUT2D eigenvalue weighted by Crippen LogP contribution is -2.46. The highest BCUT2D eigenvalue weighted by Gasteiger charge is 2.19. The van der Waals surface area contributed by atoms with Crippen LogP contribution in [0.3, 0.4) is 0 Å². The second-order valence-corrected chi connectivity index (χ2v) is 5.32. The lowest BCUT2D eigenvalue weighted by atomic mass is 10.1. The predicted octanol–water partition coefficient (Wildman–Crippen LogP) is 2.12. The zero-order valence-corrected chi connectivity index (χ0v) is 12.1. The van der Waals surface area contributed by atoms with Gasteiger partial charge in [-0.25, -0.2) is 0 Å². The standard InChI is InChI=1S/C13H18ClN3S/c1-2-16-5-7-17(8-6-16)12-9-10(14)3-4-11(12)13(15)18/h3-4,9H,2,5-8H2,1H3,(H2,15,18). The summed E-state index contributed by atoms with van der Waals surface area (Å²) in [5.41, 5.74) is 7.75. The molecule has 2 N–H and O–H groups in total. The summed E-state index contributed by atoms with van der Waals surface area (Å²) in [4.78, 5) is 5.17. The van der Waals surface area contributed by atoms with Crippen molar-refractivity contribution < 1.29 is 0 Å². The van der Waals surface area contributed by atoms with Gasteiger partial charge in [-0.2, -0.15) is 0 Å². The Hall–Kier alpha value is -0.840. The minimum atomic E-state index is 0.430. The van der Waals surface area contributed by atoms with Crippen molar-refractivity contribution in [3.63, 3.8) is 0 Å². The summed E-state index contributed by atoms with van der Waals surface area (Å²) >= 11 is 11.2. The summed E-state index contributed by atoms with van der Waals surface area (Å²) in [5.74, 6) is 0. The molecule has 3 nitrogen and oxygen atoms in total. The number of nitrogens with zero attached hydrogens (tertiary/aromatic N) is 2. The van der Waals surface area contributed by atoms with Crippen molar-refractivity contribution in [3.05, 3.63) is 28.8 Å². The van der Waals surface area contributed by atoms with Gasteiger partial charge in [0.1, 0.15) is 4.99 Å². The Balaban J connectivity index is 2.22. The number of benzene rings is 1. The second kappa shape index (κ2) is 5.87. The molecular weight excluding hydrogens is 266 g/mol. The van der Waals surface area contributed by atoms with E-state index < -0.39 is 0 Å². The van der Waals surface area contributed by atoms with Crippen LogP contribution >= 0.6 is 23.8 Å². The molecule has 0 spiro atoms. The quantitative estimate of drug-likeness (QED) is 0.862. The zero-order valence-electron chi connectivity index (χ0n) is 10.5. The molecule has 1 aliphatic rings. The number of hydrogen-bond donors (Lipinski definition) is 1. The van der Waals surface area contributed by atoms with E-state index in [-0.39, 0.29) is 0 Å². The Morgan fingerprint density at radius 2 is 2.00 bits per heavy atom. The number of hydrogen-bond acceptors (Lipinski definition) is 3. The first-order chi connectivity index (χ1) is 8.61. The van der Waals surface area contributed by atoms with Gasteiger partial charge in [0.05, 0.1) is 0 Å². The van der Waals surface area contributed by atoms with Gasteiger partial charge in [0, 0.05) is 42.5 Å². The van der Waals surface area contributed by atoms with E-state index in [1.165, 1.54) is 0 Å². The lowest BCUT2D eigenvalue weighted by molar-refractivity contribution is 0.271. The summed E-state index contributed by atoms with van der Waals surface area (Å²) in [6.45, 7) is 7.41. The van der Waals surface area contributed by atoms with Gasteiger partial charge in [-0.15, -0.1) is 0 Å². The van der Waals surface area contributed by atoms with Crippen molar-refractivity contribution >= 4 is 34.5 Å². The highest BCUT2D eigenvalue weighted by atomic mass is 35.5. The van der Waals surface area contributed by atoms with Gasteiger partial charge in [0.25, 0.3) is 0 Å². The van der Waals surface area contributed by atoms with Gasteiger partial charge in [-0.3, -0.25) is 0 Å². The van der Waals surface area contributed by atoms with Crippen molar-refractivity contribution in [1.82, 2.24) is 4.90 Å². The number of thiocarbonyl (C=S) groups is 1. The molecule has 18 heavy (non-hydrogen) atoms. The first kappa shape index (κ1) is 13.6. The molecule has 0 radical (unpaired) electrons. The van der Waals surface area contributed by atoms with Crippen LogP contribution in [0.1, 0.15) is 12.5 Å². The summed E-state index contributed by atoms with van der Waals surface area (Å²) in [6, 6.07) is 5.70. The maximum atomic E-state index is 6.08. The van der Waals surface area contributed by atoms with E-state index in [1.54, 1.807) is 0 Å². The summed E-state index contributed by atoms with van der Waals surface area (Å²) in [7, 11) is 0. The van der Waals surface area contributed by atoms with Crippen LogP contribution in [0.2, 0.25) is 5.02 Å². The van der Waals surface area contributed by atoms with Crippen molar-refractivity contribution in [2.24, 2.45) is 5.73 Å². The van der Waals surface area contributed by atoms with E-state index in [9.17, 15) is 0 Å². The third kappa shape index (κ3) is 2.94. The zero-order chi connectivity index (χ0) is 13.1. The number of rotatable bonds is 3. The van der Waals surface area contributed by atoms with Crippen molar-refractivity contribution in [1.29, 1.82) is 0 Å². The maximum Gasteiger partial charge on any atom is 0.106 e. The van der Waals surface area contributed by atoms with Crippen LogP contribution in [0.15, 0.2) is 18.2 Å². The molecular formula is C13H18ClN3S. The number of piperazine rings is 1. The SMILES string of the molecule is CCN1CCN(c2cc(Cl)ccc2C(N)=S)CC1. The molecule has 1 saturated heterocycles. The molecule has 0 amide bonds. The van der Waals surface area contributed by atoms with Crippen LogP contribution in [-0.4, -0.2) is 42.6 Å².